The molecule has 0 radical (unpaired) electrons. The lowest BCUT2D eigenvalue weighted by Gasteiger charge is -2.25. The van der Waals surface area contributed by atoms with Crippen LogP contribution in [0.25, 0.3) is 6.08 Å². The summed E-state index contributed by atoms with van der Waals surface area (Å²) in [5.74, 6) is -5.68. The average Bonchev–Trinajstić information content (AvgIpc) is 2.40. The van der Waals surface area contributed by atoms with Crippen molar-refractivity contribution >= 4 is 6.08 Å². The van der Waals surface area contributed by atoms with Gasteiger partial charge >= 0.3 is 5.79 Å². The molecule has 1 aliphatic carbocycles. The van der Waals surface area contributed by atoms with Gasteiger partial charge in [-0.2, -0.15) is 0 Å². The molecule has 1 aromatic rings. The van der Waals surface area contributed by atoms with Crippen LogP contribution in [0.15, 0.2) is 30.3 Å². The van der Waals surface area contributed by atoms with E-state index in [1.54, 1.807) is 6.07 Å². The molecule has 0 saturated carbocycles. The lowest BCUT2D eigenvalue weighted by molar-refractivity contribution is -0.974. The van der Waals surface area contributed by atoms with E-state index in [4.69, 9.17) is 0 Å². The van der Waals surface area contributed by atoms with E-state index in [1.807, 2.05) is 0 Å². The normalized spacial score (nSPS) is 20.6. The lowest BCUT2D eigenvalue weighted by atomic mass is 9.80. The molecule has 1 N–H and O–H groups in total. The fraction of sp³-hybridized carbons (Fsp3) is 0.273. The summed E-state index contributed by atoms with van der Waals surface area (Å²) in [5, 5.41) is 43.3. The summed E-state index contributed by atoms with van der Waals surface area (Å²) >= 11 is 0. The molecule has 1 aromatic carbocycles. The van der Waals surface area contributed by atoms with E-state index >= 15 is 0 Å². The highest BCUT2D eigenvalue weighted by Gasteiger charge is 2.78. The third-order valence-corrected chi connectivity index (χ3v) is 3.37. The quantitative estimate of drug-likeness (QED) is 0.486. The second-order valence-electron chi connectivity index (χ2n) is 4.41. The van der Waals surface area contributed by atoms with Crippen LogP contribution in [0.5, 0.6) is 0 Å². The van der Waals surface area contributed by atoms with Crippen molar-refractivity contribution in [3.63, 3.8) is 0 Å². The second kappa shape index (κ2) is 4.90. The molecule has 110 valence electrons. The molecular weight excluding hydrogens is 286 g/mol. The number of nitro groups is 3. The molecule has 2 rings (SSSR count). The molecule has 21 heavy (non-hydrogen) atoms. The van der Waals surface area contributed by atoms with Crippen molar-refractivity contribution in [3.05, 3.63) is 71.8 Å². The van der Waals surface area contributed by atoms with Crippen molar-refractivity contribution in [2.45, 2.75) is 17.8 Å². The van der Waals surface area contributed by atoms with Crippen molar-refractivity contribution in [1.82, 2.24) is 0 Å². The number of aliphatic hydroxyl groups excluding tert-OH is 1. The maximum absolute atomic E-state index is 11.1. The summed E-state index contributed by atoms with van der Waals surface area (Å²) in [4.78, 5) is 28.7. The molecular formula is C11H9N3O7. The minimum atomic E-state index is -3.75. The third-order valence-electron chi connectivity index (χ3n) is 3.37. The smallest absolute Gasteiger partial charge is 0.387 e. The van der Waals surface area contributed by atoms with Crippen molar-refractivity contribution < 1.29 is 19.9 Å². The molecule has 2 atom stereocenters. The van der Waals surface area contributed by atoms with Gasteiger partial charge in [0.05, 0.1) is 0 Å². The van der Waals surface area contributed by atoms with Crippen molar-refractivity contribution in [3.8, 4) is 0 Å². The molecule has 0 amide bonds. The van der Waals surface area contributed by atoms with Crippen LogP contribution in [0.1, 0.15) is 17.0 Å². The van der Waals surface area contributed by atoms with Crippen LogP contribution in [0.4, 0.5) is 0 Å². The van der Waals surface area contributed by atoms with E-state index in [0.29, 0.717) is 5.56 Å². The summed E-state index contributed by atoms with van der Waals surface area (Å²) in [6, 6.07) is 5.79. The summed E-state index contributed by atoms with van der Waals surface area (Å²) < 4.78 is 0. The standard InChI is InChI=1S/C11H9N3O7/c15-9-6-5-7-3-1-2-4-8(7)10(9)11(12(16)17,13(18)19)14(20)21/h1-6,9-10,15H/t9-,10-/m1/s1. The number of hydrogen-bond acceptors (Lipinski definition) is 7. The van der Waals surface area contributed by atoms with Gasteiger partial charge in [0, 0.05) is 0 Å². The summed E-state index contributed by atoms with van der Waals surface area (Å²) in [7, 11) is 0. The van der Waals surface area contributed by atoms with Gasteiger partial charge in [-0.1, -0.05) is 36.4 Å². The van der Waals surface area contributed by atoms with Crippen molar-refractivity contribution in [2.75, 3.05) is 0 Å². The van der Waals surface area contributed by atoms with Crippen LogP contribution in [0, 0.1) is 30.3 Å². The Labute approximate surface area is 116 Å². The maximum Gasteiger partial charge on any atom is 0.709 e. The van der Waals surface area contributed by atoms with Gasteiger partial charge in [0.25, 0.3) is 0 Å². The highest BCUT2D eigenvalue weighted by molar-refractivity contribution is 5.59. The molecule has 0 heterocycles. The Morgan fingerprint density at radius 3 is 2.05 bits per heavy atom. The Bertz CT molecular complexity index is 621. The van der Waals surface area contributed by atoms with Gasteiger partial charge in [-0.25, -0.2) is 0 Å². The molecule has 0 bridgehead atoms. The Hall–Kier alpha value is -2.88. The topological polar surface area (TPSA) is 150 Å². The summed E-state index contributed by atoms with van der Waals surface area (Å²) in [5.41, 5.74) is 0.334. The molecule has 0 saturated heterocycles. The zero-order valence-corrected chi connectivity index (χ0v) is 10.4. The van der Waals surface area contributed by atoms with Gasteiger partial charge in [0.2, 0.25) is 5.92 Å². The van der Waals surface area contributed by atoms with E-state index in [9.17, 15) is 35.4 Å². The highest BCUT2D eigenvalue weighted by atomic mass is 16.7. The Kier molecular flexibility index (Phi) is 3.39. The van der Waals surface area contributed by atoms with Crippen LogP contribution in [-0.2, 0) is 0 Å². The number of fused-ring (bicyclic) bond motifs is 1. The predicted molar refractivity (Wildman–Crippen MR) is 67.9 cm³/mol. The number of nitrogens with zero attached hydrogens (tertiary/aromatic N) is 3. The van der Waals surface area contributed by atoms with Gasteiger partial charge in [0.15, 0.2) is 14.8 Å². The van der Waals surface area contributed by atoms with Crippen LogP contribution in [0.2, 0.25) is 0 Å². The monoisotopic (exact) mass is 295 g/mol. The van der Waals surface area contributed by atoms with E-state index in [1.165, 1.54) is 24.3 Å². The van der Waals surface area contributed by atoms with E-state index in [0.717, 1.165) is 6.08 Å². The van der Waals surface area contributed by atoms with Crippen LogP contribution in [0.3, 0.4) is 0 Å². The second-order valence-corrected chi connectivity index (χ2v) is 4.41. The van der Waals surface area contributed by atoms with Gasteiger partial charge in [0.1, 0.15) is 6.10 Å². The van der Waals surface area contributed by atoms with Gasteiger partial charge in [-0.15, -0.1) is 0 Å². The molecule has 0 fully saturated rings. The zero-order chi connectivity index (χ0) is 15.8. The first kappa shape index (κ1) is 14.5. The first-order chi connectivity index (χ1) is 9.83. The average molecular weight is 295 g/mol. The van der Waals surface area contributed by atoms with Gasteiger partial charge < -0.3 is 5.11 Å². The molecule has 0 spiro atoms. The maximum atomic E-state index is 11.1. The molecule has 10 heteroatoms. The first-order valence-electron chi connectivity index (χ1n) is 5.72. The van der Waals surface area contributed by atoms with Crippen molar-refractivity contribution in [1.29, 1.82) is 0 Å². The molecule has 0 aromatic heterocycles. The predicted octanol–water partition coefficient (Wildman–Crippen LogP) is 0.642. The van der Waals surface area contributed by atoms with Crippen molar-refractivity contribution in [2.24, 2.45) is 0 Å². The van der Waals surface area contributed by atoms with Crippen LogP contribution in [-0.4, -0.2) is 31.8 Å². The van der Waals surface area contributed by atoms with E-state index < -0.39 is 32.6 Å². The highest BCUT2D eigenvalue weighted by Crippen LogP contribution is 2.40. The Morgan fingerprint density at radius 1 is 1.00 bits per heavy atom. The number of hydrogen-bond donors (Lipinski definition) is 1. The minimum absolute atomic E-state index is 0.0161. The molecule has 1 aliphatic rings. The number of rotatable bonds is 4. The van der Waals surface area contributed by atoms with E-state index in [-0.39, 0.29) is 5.56 Å². The molecule has 0 aliphatic heterocycles. The fourth-order valence-electron chi connectivity index (χ4n) is 2.42. The number of benzene rings is 1. The van der Waals surface area contributed by atoms with Gasteiger partial charge in [-0.05, 0) is 11.1 Å². The SMILES string of the molecule is O=[N+]([O-])C([C@@H]1c2ccccc2C=C[C@H]1O)([N+](=O)[O-])[N+](=O)[O-]. The van der Waals surface area contributed by atoms with E-state index in [2.05, 4.69) is 0 Å². The minimum Gasteiger partial charge on any atom is -0.387 e. The Morgan fingerprint density at radius 2 is 1.52 bits per heavy atom. The Balaban J connectivity index is 2.76. The third kappa shape index (κ3) is 1.92. The largest absolute Gasteiger partial charge is 0.709 e. The zero-order valence-electron chi connectivity index (χ0n) is 10.4. The summed E-state index contributed by atoms with van der Waals surface area (Å²) in [6.45, 7) is 0. The van der Waals surface area contributed by atoms with Crippen LogP contribution >= 0.6 is 0 Å². The molecule has 0 unspecified atom stereocenters. The lowest BCUT2D eigenvalue weighted by Crippen LogP contribution is -2.60. The molecule has 10 nitrogen and oxygen atoms in total. The van der Waals surface area contributed by atoms with Gasteiger partial charge in [-0.3, -0.25) is 30.3 Å². The number of aliphatic hydroxyl groups is 1. The first-order valence-corrected chi connectivity index (χ1v) is 5.72. The van der Waals surface area contributed by atoms with Crippen LogP contribution < -0.4 is 0 Å². The fourth-order valence-corrected chi connectivity index (χ4v) is 2.42. The summed E-state index contributed by atoms with van der Waals surface area (Å²) in [6.07, 6.45) is 0.750.